The highest BCUT2D eigenvalue weighted by Gasteiger charge is 2.35. The van der Waals surface area contributed by atoms with Crippen LogP contribution in [0.3, 0.4) is 0 Å². The lowest BCUT2D eigenvalue weighted by Gasteiger charge is -2.28. The number of aromatic nitrogens is 2. The first-order chi connectivity index (χ1) is 8.11. The largest absolute Gasteiger partial charge is 0.480 e. The molecular formula is C12H17N3O2. The van der Waals surface area contributed by atoms with E-state index in [1.54, 1.807) is 12.4 Å². The van der Waals surface area contributed by atoms with Crippen LogP contribution in [0.4, 0.5) is 0 Å². The molecule has 2 heterocycles. The maximum atomic E-state index is 11.2. The Balaban J connectivity index is 2.23. The first-order valence-electron chi connectivity index (χ1n) is 5.87. The third-order valence-electron chi connectivity index (χ3n) is 3.39. The van der Waals surface area contributed by atoms with E-state index in [0.717, 1.165) is 30.8 Å². The Hall–Kier alpha value is -1.49. The summed E-state index contributed by atoms with van der Waals surface area (Å²) in [6.07, 6.45) is 4.97. The molecule has 5 heteroatoms. The average molecular weight is 235 g/mol. The molecule has 0 aliphatic carbocycles. The van der Waals surface area contributed by atoms with Gasteiger partial charge in [-0.2, -0.15) is 0 Å². The molecule has 5 nitrogen and oxygen atoms in total. The van der Waals surface area contributed by atoms with Gasteiger partial charge in [-0.3, -0.25) is 19.7 Å². The second-order valence-electron chi connectivity index (χ2n) is 4.44. The number of carbonyl (C=O) groups is 1. The lowest BCUT2D eigenvalue weighted by molar-refractivity contribution is -0.142. The molecule has 0 saturated carbocycles. The van der Waals surface area contributed by atoms with Gasteiger partial charge in [-0.25, -0.2) is 0 Å². The van der Waals surface area contributed by atoms with E-state index in [9.17, 15) is 9.90 Å². The number of nitrogens with zero attached hydrogens (tertiary/aromatic N) is 3. The summed E-state index contributed by atoms with van der Waals surface area (Å²) in [5, 5.41) is 9.17. The zero-order valence-corrected chi connectivity index (χ0v) is 10.1. The first kappa shape index (κ1) is 12.0. The van der Waals surface area contributed by atoms with E-state index in [1.165, 1.54) is 0 Å². The molecule has 1 fully saturated rings. The highest BCUT2D eigenvalue weighted by Crippen LogP contribution is 2.29. The minimum atomic E-state index is -0.740. The van der Waals surface area contributed by atoms with Gasteiger partial charge in [-0.05, 0) is 33.2 Å². The van der Waals surface area contributed by atoms with Crippen molar-refractivity contribution < 1.29 is 9.90 Å². The molecule has 1 aliphatic rings. The van der Waals surface area contributed by atoms with E-state index in [4.69, 9.17) is 0 Å². The zero-order chi connectivity index (χ0) is 12.4. The summed E-state index contributed by atoms with van der Waals surface area (Å²) in [6.45, 7) is 4.72. The topological polar surface area (TPSA) is 66.3 Å². The Morgan fingerprint density at radius 2 is 2.24 bits per heavy atom. The molecule has 17 heavy (non-hydrogen) atoms. The van der Waals surface area contributed by atoms with Crippen molar-refractivity contribution in [2.24, 2.45) is 0 Å². The second-order valence-corrected chi connectivity index (χ2v) is 4.44. The fraction of sp³-hybridized carbons (Fsp3) is 0.583. The minimum Gasteiger partial charge on any atom is -0.480 e. The Labute approximate surface area is 100 Å². The van der Waals surface area contributed by atoms with Crippen LogP contribution in [0.1, 0.15) is 37.2 Å². The van der Waals surface area contributed by atoms with Gasteiger partial charge in [-0.15, -0.1) is 0 Å². The molecule has 0 bridgehead atoms. The number of carboxylic acid groups (broad SMARTS) is 1. The summed E-state index contributed by atoms with van der Waals surface area (Å²) in [5.74, 6) is -0.740. The third-order valence-corrected chi connectivity index (χ3v) is 3.39. The summed E-state index contributed by atoms with van der Waals surface area (Å²) in [7, 11) is 0. The predicted molar refractivity (Wildman–Crippen MR) is 62.5 cm³/mol. The smallest absolute Gasteiger partial charge is 0.320 e. The predicted octanol–water partition coefficient (Wildman–Crippen LogP) is 1.40. The van der Waals surface area contributed by atoms with E-state index < -0.39 is 5.97 Å². The van der Waals surface area contributed by atoms with Gasteiger partial charge < -0.3 is 5.11 Å². The van der Waals surface area contributed by atoms with Crippen molar-refractivity contribution in [1.29, 1.82) is 0 Å². The fourth-order valence-corrected chi connectivity index (χ4v) is 2.50. The van der Waals surface area contributed by atoms with Crippen molar-refractivity contribution in [2.75, 3.05) is 6.54 Å². The zero-order valence-electron chi connectivity index (χ0n) is 10.1. The van der Waals surface area contributed by atoms with E-state index in [-0.39, 0.29) is 12.1 Å². The Morgan fingerprint density at radius 3 is 2.88 bits per heavy atom. The Bertz CT molecular complexity index is 422. The van der Waals surface area contributed by atoms with E-state index in [0.29, 0.717) is 0 Å². The van der Waals surface area contributed by atoms with E-state index >= 15 is 0 Å². The second kappa shape index (κ2) is 4.79. The molecule has 1 saturated heterocycles. The quantitative estimate of drug-likeness (QED) is 0.857. The van der Waals surface area contributed by atoms with Crippen LogP contribution in [0.25, 0.3) is 0 Å². The molecular weight excluding hydrogens is 218 g/mol. The molecule has 0 amide bonds. The van der Waals surface area contributed by atoms with Crippen molar-refractivity contribution in [3.63, 3.8) is 0 Å². The number of hydrogen-bond donors (Lipinski definition) is 1. The average Bonchev–Trinajstić information content (AvgIpc) is 2.77. The van der Waals surface area contributed by atoms with Gasteiger partial charge in [0.15, 0.2) is 0 Å². The highest BCUT2D eigenvalue weighted by molar-refractivity contribution is 5.73. The summed E-state index contributed by atoms with van der Waals surface area (Å²) in [5.41, 5.74) is 1.75. The van der Waals surface area contributed by atoms with Crippen LogP contribution in [-0.4, -0.2) is 38.5 Å². The van der Waals surface area contributed by atoms with Crippen LogP contribution in [0.2, 0.25) is 0 Å². The summed E-state index contributed by atoms with van der Waals surface area (Å²) in [6, 6.07) is -0.376. The van der Waals surface area contributed by atoms with Crippen molar-refractivity contribution in [1.82, 2.24) is 14.9 Å². The van der Waals surface area contributed by atoms with Crippen LogP contribution < -0.4 is 0 Å². The molecule has 1 N–H and O–H groups in total. The standard InChI is InChI=1S/C12H17N3O2/c1-8-11(14-6-5-13-8)9(2)15-7-3-4-10(15)12(16)17/h5-6,9-10H,3-4,7H2,1-2H3,(H,16,17). The van der Waals surface area contributed by atoms with Gasteiger partial charge >= 0.3 is 5.97 Å². The van der Waals surface area contributed by atoms with Crippen LogP contribution >= 0.6 is 0 Å². The van der Waals surface area contributed by atoms with Gasteiger partial charge in [0.05, 0.1) is 17.4 Å². The van der Waals surface area contributed by atoms with E-state index in [1.807, 2.05) is 18.7 Å². The van der Waals surface area contributed by atoms with Gasteiger partial charge in [0.25, 0.3) is 0 Å². The van der Waals surface area contributed by atoms with Crippen molar-refractivity contribution in [3.8, 4) is 0 Å². The van der Waals surface area contributed by atoms with Gasteiger partial charge in [-0.1, -0.05) is 0 Å². The number of rotatable bonds is 3. The molecule has 1 aromatic heterocycles. The lowest BCUT2D eigenvalue weighted by atomic mass is 10.1. The maximum absolute atomic E-state index is 11.2. The highest BCUT2D eigenvalue weighted by atomic mass is 16.4. The monoisotopic (exact) mass is 235 g/mol. The maximum Gasteiger partial charge on any atom is 0.320 e. The van der Waals surface area contributed by atoms with Crippen molar-refractivity contribution in [2.45, 2.75) is 38.8 Å². The minimum absolute atomic E-state index is 0.00676. The van der Waals surface area contributed by atoms with Crippen molar-refractivity contribution in [3.05, 3.63) is 23.8 Å². The van der Waals surface area contributed by atoms with Crippen LogP contribution in [0.5, 0.6) is 0 Å². The fourth-order valence-electron chi connectivity index (χ4n) is 2.50. The number of carboxylic acids is 1. The first-order valence-corrected chi connectivity index (χ1v) is 5.87. The number of likely N-dealkylation sites (tertiary alicyclic amines) is 1. The van der Waals surface area contributed by atoms with Gasteiger partial charge in [0.2, 0.25) is 0 Å². The number of aryl methyl sites for hydroxylation is 1. The Kier molecular flexibility index (Phi) is 3.38. The van der Waals surface area contributed by atoms with Crippen LogP contribution in [0.15, 0.2) is 12.4 Å². The third kappa shape index (κ3) is 2.29. The van der Waals surface area contributed by atoms with Gasteiger partial charge in [0, 0.05) is 12.4 Å². The van der Waals surface area contributed by atoms with Crippen LogP contribution in [0, 0.1) is 6.92 Å². The summed E-state index contributed by atoms with van der Waals surface area (Å²) >= 11 is 0. The molecule has 2 rings (SSSR count). The summed E-state index contributed by atoms with van der Waals surface area (Å²) < 4.78 is 0. The molecule has 1 aliphatic heterocycles. The molecule has 1 aromatic rings. The van der Waals surface area contributed by atoms with Crippen LogP contribution in [-0.2, 0) is 4.79 Å². The normalized spacial score (nSPS) is 22.6. The van der Waals surface area contributed by atoms with E-state index in [2.05, 4.69) is 9.97 Å². The van der Waals surface area contributed by atoms with Crippen molar-refractivity contribution >= 4 is 5.97 Å². The molecule has 2 unspecified atom stereocenters. The number of aliphatic carboxylic acids is 1. The van der Waals surface area contributed by atoms with Gasteiger partial charge in [0.1, 0.15) is 6.04 Å². The number of hydrogen-bond acceptors (Lipinski definition) is 4. The molecule has 0 spiro atoms. The Morgan fingerprint density at radius 1 is 1.53 bits per heavy atom. The molecule has 92 valence electrons. The summed E-state index contributed by atoms with van der Waals surface area (Å²) in [4.78, 5) is 21.7. The molecule has 2 atom stereocenters. The molecule has 0 radical (unpaired) electrons. The SMILES string of the molecule is Cc1nccnc1C(C)N1CCCC1C(=O)O. The lowest BCUT2D eigenvalue weighted by Crippen LogP contribution is -2.38. The molecule has 0 aromatic carbocycles.